The monoisotopic (exact) mass is 541 g/mol. The summed E-state index contributed by atoms with van der Waals surface area (Å²) < 4.78 is 6.64. The maximum Gasteiger partial charge on any atom is 0.246 e. The van der Waals surface area contributed by atoms with Crippen molar-refractivity contribution < 1.29 is 19.1 Å². The molecule has 1 saturated carbocycles. The Balaban J connectivity index is 1.38. The van der Waals surface area contributed by atoms with Gasteiger partial charge in [-0.3, -0.25) is 19.3 Å². The molecule has 0 unspecified atom stereocenters. The van der Waals surface area contributed by atoms with Crippen molar-refractivity contribution in [3.63, 3.8) is 0 Å². The van der Waals surface area contributed by atoms with E-state index in [4.69, 9.17) is 4.74 Å². The van der Waals surface area contributed by atoms with Crippen molar-refractivity contribution in [3.8, 4) is 0 Å². The Bertz CT molecular complexity index is 1340. The summed E-state index contributed by atoms with van der Waals surface area (Å²) in [5.41, 5.74) is -0.193. The highest BCUT2D eigenvalue weighted by Gasteiger charge is 2.76. The van der Waals surface area contributed by atoms with E-state index in [1.165, 1.54) is 37.7 Å². The summed E-state index contributed by atoms with van der Waals surface area (Å²) in [6.45, 7) is 7.59. The highest BCUT2D eigenvalue weighted by molar-refractivity contribution is 6.11. The van der Waals surface area contributed by atoms with Crippen LogP contribution in [0.4, 0.5) is 11.4 Å². The van der Waals surface area contributed by atoms with E-state index in [0.29, 0.717) is 17.3 Å². The molecule has 7 nitrogen and oxygen atoms in total. The van der Waals surface area contributed by atoms with Gasteiger partial charge in [-0.1, -0.05) is 61.7 Å². The van der Waals surface area contributed by atoms with Crippen LogP contribution in [-0.2, 0) is 19.1 Å². The first-order valence-electron chi connectivity index (χ1n) is 14.5. The lowest BCUT2D eigenvalue weighted by molar-refractivity contribution is -0.131. The smallest absolute Gasteiger partial charge is 0.246 e. The number of amides is 3. The maximum absolute atomic E-state index is 14.4. The number of rotatable bonds is 5. The normalized spacial score (nSPS) is 31.4. The zero-order valence-electron chi connectivity index (χ0n) is 23.8. The lowest BCUT2D eigenvalue weighted by atomic mass is 9.70. The summed E-state index contributed by atoms with van der Waals surface area (Å²) in [5.74, 6) is -1.94. The van der Waals surface area contributed by atoms with Crippen LogP contribution in [0, 0.1) is 11.8 Å². The molecular weight excluding hydrogens is 502 g/mol. The van der Waals surface area contributed by atoms with Gasteiger partial charge < -0.3 is 15.4 Å². The van der Waals surface area contributed by atoms with E-state index in [-0.39, 0.29) is 17.7 Å². The zero-order chi connectivity index (χ0) is 28.3. The number of benzene rings is 2. The van der Waals surface area contributed by atoms with E-state index in [0.717, 1.165) is 0 Å². The Morgan fingerprint density at radius 3 is 2.25 bits per heavy atom. The fourth-order valence-corrected chi connectivity index (χ4v) is 7.33. The van der Waals surface area contributed by atoms with Crippen LogP contribution in [-0.4, -0.2) is 40.5 Å². The minimum absolute atomic E-state index is 0.263. The summed E-state index contributed by atoms with van der Waals surface area (Å²) in [4.78, 5) is 43.7. The number of hydrogen-bond donors (Lipinski definition) is 2. The topological polar surface area (TPSA) is 87.7 Å². The standard InChI is InChI=1S/C33H39N3O4/c1-31(2,3)35-29(38)27-33-20-19-32(4,40-33)25(28(37)34-23-13-9-6-10-14-23)26(33)30(39)36(27)24-17-15-22(16-18-24)21-11-7-5-8-12-21/h6,9-10,13-21,25-27H,5,7-8,11-12H2,1-4H3,(H,34,37)(H,35,38)/t25-,26-,27+,32-,33+/m1/s1. The average molecular weight is 542 g/mol. The highest BCUT2D eigenvalue weighted by atomic mass is 16.5. The molecule has 5 atom stereocenters. The minimum atomic E-state index is -1.25. The number of nitrogens with zero attached hydrogens (tertiary/aromatic N) is 1. The summed E-state index contributed by atoms with van der Waals surface area (Å²) >= 11 is 0. The molecule has 1 spiro atoms. The number of hydrogen-bond acceptors (Lipinski definition) is 4. The van der Waals surface area contributed by atoms with Gasteiger partial charge in [-0.05, 0) is 76.3 Å². The Kier molecular flexibility index (Phi) is 6.41. The number of carbonyl (C=O) groups is 3. The van der Waals surface area contributed by atoms with Crippen LogP contribution >= 0.6 is 0 Å². The number of fused-ring (bicyclic) bond motifs is 1. The molecule has 3 aliphatic heterocycles. The number of carbonyl (C=O) groups excluding carboxylic acids is 3. The van der Waals surface area contributed by atoms with Gasteiger partial charge in [-0.15, -0.1) is 0 Å². The lowest BCUT2D eigenvalue weighted by Crippen LogP contribution is -2.58. The van der Waals surface area contributed by atoms with Crippen LogP contribution in [0.25, 0.3) is 0 Å². The molecule has 2 bridgehead atoms. The first kappa shape index (κ1) is 26.8. The van der Waals surface area contributed by atoms with E-state index in [2.05, 4.69) is 22.8 Å². The molecule has 2 saturated heterocycles. The molecule has 6 rings (SSSR count). The molecule has 0 radical (unpaired) electrons. The summed E-state index contributed by atoms with van der Waals surface area (Å²) in [6, 6.07) is 16.4. The Labute approximate surface area is 236 Å². The fourth-order valence-electron chi connectivity index (χ4n) is 7.33. The average Bonchev–Trinajstić information content (AvgIpc) is 3.49. The molecule has 3 amide bonds. The lowest BCUT2D eigenvalue weighted by Gasteiger charge is -2.35. The fraction of sp³-hybridized carbons (Fsp3) is 0.485. The summed E-state index contributed by atoms with van der Waals surface area (Å²) in [7, 11) is 0. The van der Waals surface area contributed by atoms with Crippen LogP contribution in [0.15, 0.2) is 66.7 Å². The van der Waals surface area contributed by atoms with Crippen molar-refractivity contribution in [1.29, 1.82) is 0 Å². The summed E-state index contributed by atoms with van der Waals surface area (Å²) in [5, 5.41) is 6.06. The number of nitrogens with one attached hydrogen (secondary N) is 2. The van der Waals surface area contributed by atoms with Gasteiger partial charge in [0.05, 0.1) is 17.4 Å². The van der Waals surface area contributed by atoms with E-state index >= 15 is 0 Å². The van der Waals surface area contributed by atoms with Crippen molar-refractivity contribution in [2.75, 3.05) is 10.2 Å². The third-order valence-electron chi connectivity index (χ3n) is 9.02. The first-order chi connectivity index (χ1) is 19.0. The third kappa shape index (κ3) is 4.35. The van der Waals surface area contributed by atoms with Crippen LogP contribution in [0.1, 0.15) is 71.3 Å². The van der Waals surface area contributed by atoms with E-state index < -0.39 is 34.6 Å². The highest BCUT2D eigenvalue weighted by Crippen LogP contribution is 2.60. The van der Waals surface area contributed by atoms with Gasteiger partial charge in [-0.25, -0.2) is 0 Å². The second-order valence-corrected chi connectivity index (χ2v) is 13.1. The molecule has 0 aromatic heterocycles. The quantitative estimate of drug-likeness (QED) is 0.501. The second-order valence-electron chi connectivity index (χ2n) is 13.1. The van der Waals surface area contributed by atoms with Gasteiger partial charge in [0.15, 0.2) is 0 Å². The van der Waals surface area contributed by atoms with Gasteiger partial charge in [0, 0.05) is 16.9 Å². The molecule has 3 fully saturated rings. The molecule has 7 heteroatoms. The Morgan fingerprint density at radius 1 is 0.925 bits per heavy atom. The molecule has 2 aromatic rings. The molecular formula is C33H39N3O4. The van der Waals surface area contributed by atoms with Gasteiger partial charge in [0.2, 0.25) is 17.7 Å². The van der Waals surface area contributed by atoms with Crippen LogP contribution in [0.3, 0.4) is 0 Å². The number of ether oxygens (including phenoxy) is 1. The van der Waals surface area contributed by atoms with Crippen LogP contribution in [0.5, 0.6) is 0 Å². The second kappa shape index (κ2) is 9.58. The molecule has 210 valence electrons. The van der Waals surface area contributed by atoms with E-state index in [9.17, 15) is 14.4 Å². The molecule has 2 aromatic carbocycles. The molecule has 1 aliphatic carbocycles. The zero-order valence-corrected chi connectivity index (χ0v) is 23.8. The van der Waals surface area contributed by atoms with Crippen molar-refractivity contribution in [2.24, 2.45) is 11.8 Å². The predicted octanol–water partition coefficient (Wildman–Crippen LogP) is 5.33. The largest absolute Gasteiger partial charge is 0.356 e. The molecule has 3 heterocycles. The van der Waals surface area contributed by atoms with E-state index in [1.807, 2.05) is 82.3 Å². The van der Waals surface area contributed by atoms with E-state index in [1.54, 1.807) is 4.90 Å². The first-order valence-corrected chi connectivity index (χ1v) is 14.5. The van der Waals surface area contributed by atoms with Crippen molar-refractivity contribution in [3.05, 3.63) is 72.3 Å². The third-order valence-corrected chi connectivity index (χ3v) is 9.02. The van der Waals surface area contributed by atoms with Crippen LogP contribution < -0.4 is 15.5 Å². The summed E-state index contributed by atoms with van der Waals surface area (Å²) in [6.07, 6.45) is 9.84. The number of para-hydroxylation sites is 1. The van der Waals surface area contributed by atoms with Crippen molar-refractivity contribution >= 4 is 29.1 Å². The molecule has 40 heavy (non-hydrogen) atoms. The predicted molar refractivity (Wildman–Crippen MR) is 155 cm³/mol. The van der Waals surface area contributed by atoms with Gasteiger partial charge in [-0.2, -0.15) is 0 Å². The Morgan fingerprint density at radius 2 is 1.60 bits per heavy atom. The van der Waals surface area contributed by atoms with Crippen LogP contribution in [0.2, 0.25) is 0 Å². The molecule has 2 N–H and O–H groups in total. The minimum Gasteiger partial charge on any atom is -0.356 e. The Hall–Kier alpha value is -3.45. The SMILES string of the molecule is CC(C)(C)NC(=O)[C@@H]1N(c2ccc(C3CCCCC3)cc2)C(=O)[C@H]2[C@H](C(=O)Nc3ccccc3)[C@@]3(C)C=C[C@@]12O3. The van der Waals surface area contributed by atoms with Gasteiger partial charge >= 0.3 is 0 Å². The number of anilines is 2. The molecule has 4 aliphatic rings. The van der Waals surface area contributed by atoms with Crippen molar-refractivity contribution in [1.82, 2.24) is 5.32 Å². The maximum atomic E-state index is 14.4. The van der Waals surface area contributed by atoms with Gasteiger partial charge in [0.25, 0.3) is 0 Å². The van der Waals surface area contributed by atoms with Gasteiger partial charge in [0.1, 0.15) is 11.6 Å². The van der Waals surface area contributed by atoms with Crippen molar-refractivity contribution in [2.45, 2.75) is 88.5 Å².